The van der Waals surface area contributed by atoms with Crippen molar-refractivity contribution in [2.45, 2.75) is 32.2 Å². The molecule has 0 unspecified atom stereocenters. The molecule has 2 aliphatic rings. The quantitative estimate of drug-likeness (QED) is 0.809. The van der Waals surface area contributed by atoms with Gasteiger partial charge in [-0.25, -0.2) is 8.78 Å². The topological polar surface area (TPSA) is 15.3 Å². The maximum Gasteiger partial charge on any atom is 0.245 e. The summed E-state index contributed by atoms with van der Waals surface area (Å²) in [7, 11) is 0. The second kappa shape index (κ2) is 4.93. The molecule has 1 atom stereocenters. The highest BCUT2D eigenvalue weighted by molar-refractivity contribution is 5.85. The maximum atomic E-state index is 12.7. The Morgan fingerprint density at radius 1 is 1.47 bits per heavy atom. The Balaban J connectivity index is 0.00000112. The molecule has 1 N–H and O–H groups in total. The lowest BCUT2D eigenvalue weighted by atomic mass is 10.1. The maximum absolute atomic E-state index is 12.7. The third-order valence-electron chi connectivity index (χ3n) is 3.51. The first kappa shape index (κ1) is 13.1. The zero-order chi connectivity index (χ0) is 10.2. The van der Waals surface area contributed by atoms with Crippen molar-refractivity contribution in [2.24, 2.45) is 5.41 Å². The van der Waals surface area contributed by atoms with E-state index in [0.29, 0.717) is 25.4 Å². The van der Waals surface area contributed by atoms with Gasteiger partial charge in [0.25, 0.3) is 0 Å². The summed E-state index contributed by atoms with van der Waals surface area (Å²) >= 11 is 0. The second-order valence-corrected chi connectivity index (χ2v) is 4.69. The number of nitrogens with one attached hydrogen (secondary N) is 1. The molecule has 2 rings (SSSR count). The van der Waals surface area contributed by atoms with Crippen LogP contribution >= 0.6 is 12.4 Å². The molecule has 1 saturated carbocycles. The summed E-state index contributed by atoms with van der Waals surface area (Å²) in [5, 5.41) is 3.27. The first-order valence-electron chi connectivity index (χ1n) is 5.37. The van der Waals surface area contributed by atoms with Crippen molar-refractivity contribution in [2.75, 3.05) is 26.2 Å². The molecule has 1 heterocycles. The highest BCUT2D eigenvalue weighted by Crippen LogP contribution is 2.51. The molecule has 0 aromatic rings. The molecule has 1 aliphatic carbocycles. The molecule has 90 valence electrons. The van der Waals surface area contributed by atoms with Crippen molar-refractivity contribution in [3.8, 4) is 0 Å². The van der Waals surface area contributed by atoms with E-state index in [1.54, 1.807) is 0 Å². The van der Waals surface area contributed by atoms with E-state index in [4.69, 9.17) is 0 Å². The standard InChI is InChI=1S/C10H18F2N2.ClH/c1-8-6-13-4-5-14(8)7-10(2-3-10)9(11)12;/h8-9,13H,2-7H2,1H3;1H/t8-;/m1./s1. The Morgan fingerprint density at radius 2 is 2.13 bits per heavy atom. The molecular formula is C10H19ClF2N2. The molecule has 2 nitrogen and oxygen atoms in total. The average Bonchev–Trinajstić information content (AvgIpc) is 2.90. The third kappa shape index (κ3) is 2.80. The molecule has 5 heteroatoms. The highest BCUT2D eigenvalue weighted by Gasteiger charge is 2.52. The number of nitrogens with zero attached hydrogens (tertiary/aromatic N) is 1. The number of halogens is 3. The minimum absolute atomic E-state index is 0. The Bertz CT molecular complexity index is 210. The van der Waals surface area contributed by atoms with Crippen molar-refractivity contribution in [3.05, 3.63) is 0 Å². The molecular weight excluding hydrogens is 222 g/mol. The van der Waals surface area contributed by atoms with Crippen LogP contribution in [0.5, 0.6) is 0 Å². The molecule has 0 radical (unpaired) electrons. The summed E-state index contributed by atoms with van der Waals surface area (Å²) in [6.07, 6.45) is -0.715. The van der Waals surface area contributed by atoms with E-state index in [1.807, 2.05) is 0 Å². The molecule has 2 fully saturated rings. The minimum Gasteiger partial charge on any atom is -0.314 e. The van der Waals surface area contributed by atoms with E-state index in [1.165, 1.54) is 0 Å². The summed E-state index contributed by atoms with van der Waals surface area (Å²) < 4.78 is 25.4. The lowest BCUT2D eigenvalue weighted by Gasteiger charge is -2.36. The Labute approximate surface area is 95.8 Å². The van der Waals surface area contributed by atoms with Crippen LogP contribution in [-0.2, 0) is 0 Å². The van der Waals surface area contributed by atoms with Gasteiger partial charge in [0, 0.05) is 37.6 Å². The van der Waals surface area contributed by atoms with Crippen molar-refractivity contribution in [1.82, 2.24) is 10.2 Å². The van der Waals surface area contributed by atoms with Gasteiger partial charge in [-0.15, -0.1) is 12.4 Å². The number of alkyl halides is 2. The summed E-state index contributed by atoms with van der Waals surface area (Å²) in [6, 6.07) is 0.403. The van der Waals surface area contributed by atoms with Gasteiger partial charge in [-0.1, -0.05) is 0 Å². The first-order chi connectivity index (χ1) is 6.64. The predicted octanol–water partition coefficient (Wildman–Crippen LogP) is 1.75. The molecule has 15 heavy (non-hydrogen) atoms. The van der Waals surface area contributed by atoms with Crippen molar-refractivity contribution < 1.29 is 8.78 Å². The number of rotatable bonds is 3. The molecule has 0 spiro atoms. The molecule has 0 amide bonds. The van der Waals surface area contributed by atoms with Crippen LogP contribution in [0.3, 0.4) is 0 Å². The van der Waals surface area contributed by atoms with E-state index in [2.05, 4.69) is 17.1 Å². The SMILES string of the molecule is C[C@@H]1CNCCN1CC1(C(F)F)CC1.Cl. The predicted molar refractivity (Wildman–Crippen MR) is 58.8 cm³/mol. The second-order valence-electron chi connectivity index (χ2n) is 4.69. The Morgan fingerprint density at radius 3 is 2.60 bits per heavy atom. The molecule has 1 aliphatic heterocycles. The molecule has 1 saturated heterocycles. The van der Waals surface area contributed by atoms with E-state index >= 15 is 0 Å². The number of piperazine rings is 1. The summed E-state index contributed by atoms with van der Waals surface area (Å²) in [6.45, 7) is 5.47. The zero-order valence-electron chi connectivity index (χ0n) is 9.01. The van der Waals surface area contributed by atoms with Crippen LogP contribution in [0.4, 0.5) is 8.78 Å². The lowest BCUT2D eigenvalue weighted by molar-refractivity contribution is 0.0230. The molecule has 0 bridgehead atoms. The van der Waals surface area contributed by atoms with Gasteiger partial charge in [0.15, 0.2) is 0 Å². The van der Waals surface area contributed by atoms with Gasteiger partial charge in [0.1, 0.15) is 0 Å². The number of hydrogen-bond acceptors (Lipinski definition) is 2. The monoisotopic (exact) mass is 240 g/mol. The molecule has 0 aromatic heterocycles. The van der Waals surface area contributed by atoms with Crippen LogP contribution in [0, 0.1) is 5.41 Å². The van der Waals surface area contributed by atoms with Crippen LogP contribution in [0.2, 0.25) is 0 Å². The largest absolute Gasteiger partial charge is 0.314 e. The zero-order valence-corrected chi connectivity index (χ0v) is 9.83. The summed E-state index contributed by atoms with van der Waals surface area (Å²) in [5.41, 5.74) is -0.647. The molecule has 0 aromatic carbocycles. The fourth-order valence-corrected chi connectivity index (χ4v) is 2.13. The van der Waals surface area contributed by atoms with Crippen LogP contribution < -0.4 is 5.32 Å². The summed E-state index contributed by atoms with van der Waals surface area (Å²) in [4.78, 5) is 2.20. The van der Waals surface area contributed by atoms with Crippen LogP contribution in [0.1, 0.15) is 19.8 Å². The van der Waals surface area contributed by atoms with Gasteiger partial charge in [0.2, 0.25) is 6.43 Å². The van der Waals surface area contributed by atoms with E-state index in [9.17, 15) is 8.78 Å². The van der Waals surface area contributed by atoms with Gasteiger partial charge >= 0.3 is 0 Å². The minimum atomic E-state index is -2.13. The lowest BCUT2D eigenvalue weighted by Crippen LogP contribution is -2.52. The van der Waals surface area contributed by atoms with E-state index in [0.717, 1.165) is 19.6 Å². The van der Waals surface area contributed by atoms with E-state index < -0.39 is 11.8 Å². The van der Waals surface area contributed by atoms with Crippen LogP contribution in [0.15, 0.2) is 0 Å². The van der Waals surface area contributed by atoms with E-state index in [-0.39, 0.29) is 12.4 Å². The fourth-order valence-electron chi connectivity index (χ4n) is 2.13. The third-order valence-corrected chi connectivity index (χ3v) is 3.51. The highest BCUT2D eigenvalue weighted by atomic mass is 35.5. The van der Waals surface area contributed by atoms with Gasteiger partial charge in [0.05, 0.1) is 0 Å². The van der Waals surface area contributed by atoms with Gasteiger partial charge in [-0.2, -0.15) is 0 Å². The first-order valence-corrected chi connectivity index (χ1v) is 5.37. The van der Waals surface area contributed by atoms with Crippen molar-refractivity contribution in [3.63, 3.8) is 0 Å². The fraction of sp³-hybridized carbons (Fsp3) is 1.00. The van der Waals surface area contributed by atoms with Crippen LogP contribution in [-0.4, -0.2) is 43.5 Å². The Hall–Kier alpha value is 0.0700. The normalized spacial score (nSPS) is 30.0. The van der Waals surface area contributed by atoms with Gasteiger partial charge in [-0.05, 0) is 19.8 Å². The smallest absolute Gasteiger partial charge is 0.245 e. The summed E-state index contributed by atoms with van der Waals surface area (Å²) in [5.74, 6) is 0. The van der Waals surface area contributed by atoms with Gasteiger partial charge in [-0.3, -0.25) is 4.90 Å². The van der Waals surface area contributed by atoms with Gasteiger partial charge < -0.3 is 5.32 Å². The average molecular weight is 241 g/mol. The number of hydrogen-bond donors (Lipinski definition) is 1. The Kier molecular flexibility index (Phi) is 4.32. The van der Waals surface area contributed by atoms with Crippen molar-refractivity contribution >= 4 is 12.4 Å². The van der Waals surface area contributed by atoms with Crippen molar-refractivity contribution in [1.29, 1.82) is 0 Å². The van der Waals surface area contributed by atoms with Crippen LogP contribution in [0.25, 0.3) is 0 Å².